The van der Waals surface area contributed by atoms with Crippen molar-refractivity contribution in [3.8, 4) is 17.2 Å². The third-order valence-corrected chi connectivity index (χ3v) is 3.71. The fourth-order valence-corrected chi connectivity index (χ4v) is 2.50. The van der Waals surface area contributed by atoms with Crippen molar-refractivity contribution in [2.75, 3.05) is 20.8 Å². The zero-order valence-corrected chi connectivity index (χ0v) is 15.8. The zero-order chi connectivity index (χ0) is 19.1. The Balaban J connectivity index is 1.98. The van der Waals surface area contributed by atoms with Gasteiger partial charge < -0.3 is 14.2 Å². The summed E-state index contributed by atoms with van der Waals surface area (Å²) in [7, 11) is 3.16. The number of rotatable bonds is 7. The van der Waals surface area contributed by atoms with Gasteiger partial charge in [-0.25, -0.2) is 5.43 Å². The van der Waals surface area contributed by atoms with Crippen molar-refractivity contribution in [3.63, 3.8) is 0 Å². The Morgan fingerprint density at radius 3 is 2.31 bits per heavy atom. The summed E-state index contributed by atoms with van der Waals surface area (Å²) >= 11 is 0. The quantitative estimate of drug-likeness (QED) is 0.611. The molecule has 0 fully saturated rings. The van der Waals surface area contributed by atoms with Crippen LogP contribution in [0, 0.1) is 13.8 Å². The van der Waals surface area contributed by atoms with Crippen molar-refractivity contribution in [3.05, 3.63) is 53.1 Å². The van der Waals surface area contributed by atoms with Gasteiger partial charge in [0.25, 0.3) is 5.91 Å². The second-order valence-corrected chi connectivity index (χ2v) is 5.91. The molecule has 0 atom stereocenters. The summed E-state index contributed by atoms with van der Waals surface area (Å²) in [5.41, 5.74) is 6.05. The van der Waals surface area contributed by atoms with E-state index in [9.17, 15) is 4.79 Å². The molecule has 2 aromatic rings. The van der Waals surface area contributed by atoms with Crippen LogP contribution >= 0.6 is 0 Å². The second-order valence-electron chi connectivity index (χ2n) is 5.91. The summed E-state index contributed by atoms with van der Waals surface area (Å²) in [5, 5.41) is 4.12. The highest BCUT2D eigenvalue weighted by Gasteiger charge is 2.09. The van der Waals surface area contributed by atoms with Gasteiger partial charge >= 0.3 is 0 Å². The molecule has 138 valence electrons. The number of nitrogens with zero attached hydrogens (tertiary/aromatic N) is 1. The van der Waals surface area contributed by atoms with E-state index in [1.807, 2.05) is 44.2 Å². The van der Waals surface area contributed by atoms with E-state index in [1.54, 1.807) is 27.2 Å². The number of ether oxygens (including phenoxy) is 3. The van der Waals surface area contributed by atoms with Crippen LogP contribution < -0.4 is 19.6 Å². The van der Waals surface area contributed by atoms with E-state index >= 15 is 0 Å². The lowest BCUT2D eigenvalue weighted by Crippen LogP contribution is -2.25. The van der Waals surface area contributed by atoms with E-state index in [0.29, 0.717) is 23.0 Å². The molecule has 2 aromatic carbocycles. The molecule has 0 radical (unpaired) electrons. The molecule has 6 nitrogen and oxygen atoms in total. The SMILES string of the molecule is COc1ccc(/C(C)=N\NC(=O)COc2cc(C)cc(C)c2)c(OC)c1. The van der Waals surface area contributed by atoms with Crippen LogP contribution in [0.25, 0.3) is 0 Å². The Bertz CT molecular complexity index is 795. The number of hydrogen-bond donors (Lipinski definition) is 1. The maximum absolute atomic E-state index is 12.0. The van der Waals surface area contributed by atoms with Crippen LogP contribution in [0.4, 0.5) is 0 Å². The van der Waals surface area contributed by atoms with Gasteiger partial charge in [0.2, 0.25) is 0 Å². The predicted octanol–water partition coefficient (Wildman–Crippen LogP) is 3.24. The number of nitrogens with one attached hydrogen (secondary N) is 1. The first kappa shape index (κ1) is 19.3. The smallest absolute Gasteiger partial charge is 0.277 e. The third kappa shape index (κ3) is 5.24. The molecular weight excluding hydrogens is 332 g/mol. The van der Waals surface area contributed by atoms with Crippen molar-refractivity contribution < 1.29 is 19.0 Å². The van der Waals surface area contributed by atoms with Crippen LogP contribution in [0.3, 0.4) is 0 Å². The number of carbonyl (C=O) groups is 1. The van der Waals surface area contributed by atoms with Crippen molar-refractivity contribution in [2.24, 2.45) is 5.10 Å². The lowest BCUT2D eigenvalue weighted by Gasteiger charge is -2.10. The Morgan fingerprint density at radius 1 is 1.00 bits per heavy atom. The molecule has 1 N–H and O–H groups in total. The Labute approximate surface area is 153 Å². The van der Waals surface area contributed by atoms with Crippen LogP contribution in [-0.4, -0.2) is 32.4 Å². The van der Waals surface area contributed by atoms with Crippen LogP contribution in [-0.2, 0) is 4.79 Å². The molecule has 0 saturated carbocycles. The van der Waals surface area contributed by atoms with E-state index in [1.165, 1.54) is 0 Å². The molecule has 2 rings (SSSR count). The lowest BCUT2D eigenvalue weighted by atomic mass is 10.1. The van der Waals surface area contributed by atoms with Gasteiger partial charge in [-0.3, -0.25) is 4.79 Å². The zero-order valence-electron chi connectivity index (χ0n) is 15.8. The Kier molecular flexibility index (Phi) is 6.60. The molecule has 26 heavy (non-hydrogen) atoms. The maximum atomic E-state index is 12.0. The lowest BCUT2D eigenvalue weighted by molar-refractivity contribution is -0.123. The monoisotopic (exact) mass is 356 g/mol. The average Bonchev–Trinajstić information content (AvgIpc) is 2.63. The fourth-order valence-electron chi connectivity index (χ4n) is 2.50. The number of benzene rings is 2. The molecule has 0 spiro atoms. The van der Waals surface area contributed by atoms with Gasteiger partial charge in [-0.1, -0.05) is 6.07 Å². The second kappa shape index (κ2) is 8.89. The van der Waals surface area contributed by atoms with Gasteiger partial charge in [-0.15, -0.1) is 0 Å². The topological polar surface area (TPSA) is 69.2 Å². The maximum Gasteiger partial charge on any atom is 0.277 e. The van der Waals surface area contributed by atoms with Crippen LogP contribution in [0.15, 0.2) is 41.5 Å². The largest absolute Gasteiger partial charge is 0.497 e. The Hall–Kier alpha value is -3.02. The molecular formula is C20H24N2O4. The van der Waals surface area contributed by atoms with Crippen LogP contribution in [0.1, 0.15) is 23.6 Å². The molecule has 0 aliphatic heterocycles. The van der Waals surface area contributed by atoms with Gasteiger partial charge in [0.1, 0.15) is 17.2 Å². The predicted molar refractivity (Wildman–Crippen MR) is 101 cm³/mol. The first-order valence-electron chi connectivity index (χ1n) is 8.19. The van der Waals surface area contributed by atoms with Gasteiger partial charge in [0.05, 0.1) is 19.9 Å². The molecule has 0 aromatic heterocycles. The first-order valence-corrected chi connectivity index (χ1v) is 8.19. The van der Waals surface area contributed by atoms with Crippen LogP contribution in [0.2, 0.25) is 0 Å². The third-order valence-electron chi connectivity index (χ3n) is 3.71. The highest BCUT2D eigenvalue weighted by atomic mass is 16.5. The number of hydrazone groups is 1. The summed E-state index contributed by atoms with van der Waals surface area (Å²) in [6, 6.07) is 11.2. The summed E-state index contributed by atoms with van der Waals surface area (Å²) in [6.45, 7) is 5.64. The number of carbonyl (C=O) groups excluding carboxylic acids is 1. The van der Waals surface area contributed by atoms with Crippen molar-refractivity contribution in [1.82, 2.24) is 5.43 Å². The molecule has 0 bridgehead atoms. The minimum absolute atomic E-state index is 0.112. The van der Waals surface area contributed by atoms with Crippen LogP contribution in [0.5, 0.6) is 17.2 Å². The normalized spacial score (nSPS) is 11.0. The highest BCUT2D eigenvalue weighted by molar-refractivity contribution is 6.01. The van der Waals surface area contributed by atoms with E-state index in [0.717, 1.165) is 16.7 Å². The van der Waals surface area contributed by atoms with E-state index in [4.69, 9.17) is 14.2 Å². The van der Waals surface area contributed by atoms with Gasteiger partial charge in [-0.2, -0.15) is 5.10 Å². The fraction of sp³-hybridized carbons (Fsp3) is 0.300. The molecule has 1 amide bonds. The minimum Gasteiger partial charge on any atom is -0.497 e. The van der Waals surface area contributed by atoms with E-state index in [-0.39, 0.29) is 12.5 Å². The first-order chi connectivity index (χ1) is 12.4. The standard InChI is InChI=1S/C20H24N2O4/c1-13-8-14(2)10-17(9-13)26-12-20(23)22-21-15(3)18-7-6-16(24-4)11-19(18)25-5/h6-11H,12H2,1-5H3,(H,22,23)/b21-15-. The summed E-state index contributed by atoms with van der Waals surface area (Å²) in [4.78, 5) is 12.0. The van der Waals surface area contributed by atoms with E-state index in [2.05, 4.69) is 10.5 Å². The van der Waals surface area contributed by atoms with Gasteiger partial charge in [0, 0.05) is 11.6 Å². The number of aryl methyl sites for hydroxylation is 2. The van der Waals surface area contributed by atoms with Crippen molar-refractivity contribution >= 4 is 11.6 Å². The average molecular weight is 356 g/mol. The summed E-state index contributed by atoms with van der Waals surface area (Å²) in [6.07, 6.45) is 0. The van der Waals surface area contributed by atoms with Crippen molar-refractivity contribution in [1.29, 1.82) is 0 Å². The van der Waals surface area contributed by atoms with Gasteiger partial charge in [-0.05, 0) is 56.2 Å². The summed E-state index contributed by atoms with van der Waals surface area (Å²) in [5.74, 6) is 1.63. The number of amides is 1. The molecule has 0 saturated heterocycles. The van der Waals surface area contributed by atoms with E-state index < -0.39 is 0 Å². The number of hydrogen-bond acceptors (Lipinski definition) is 5. The van der Waals surface area contributed by atoms with Crippen molar-refractivity contribution in [2.45, 2.75) is 20.8 Å². The minimum atomic E-state index is -0.337. The number of methoxy groups -OCH3 is 2. The highest BCUT2D eigenvalue weighted by Crippen LogP contribution is 2.25. The molecule has 0 heterocycles. The molecule has 6 heteroatoms. The summed E-state index contributed by atoms with van der Waals surface area (Å²) < 4.78 is 16.0. The van der Waals surface area contributed by atoms with Gasteiger partial charge in [0.15, 0.2) is 6.61 Å². The Morgan fingerprint density at radius 2 is 1.69 bits per heavy atom. The molecule has 0 aliphatic rings. The molecule has 0 unspecified atom stereocenters. The molecule has 0 aliphatic carbocycles.